The van der Waals surface area contributed by atoms with Crippen molar-refractivity contribution in [2.24, 2.45) is 0 Å². The van der Waals surface area contributed by atoms with Crippen LogP contribution in [0.5, 0.6) is 0 Å². The zero-order valence-corrected chi connectivity index (χ0v) is 13.0. The van der Waals surface area contributed by atoms with E-state index in [1.54, 1.807) is 18.2 Å². The van der Waals surface area contributed by atoms with Gasteiger partial charge in [0, 0.05) is 17.3 Å². The van der Waals surface area contributed by atoms with Crippen LogP contribution in [0.25, 0.3) is 0 Å². The summed E-state index contributed by atoms with van der Waals surface area (Å²) in [6.07, 6.45) is 0.615. The third-order valence-corrected chi connectivity index (χ3v) is 3.42. The third-order valence-electron chi connectivity index (χ3n) is 3.19. The van der Waals surface area contributed by atoms with Gasteiger partial charge in [0.15, 0.2) is 0 Å². The second kappa shape index (κ2) is 7.61. The lowest BCUT2D eigenvalue weighted by atomic mass is 10.1. The van der Waals surface area contributed by atoms with Crippen molar-refractivity contribution < 1.29 is 9.59 Å². The Morgan fingerprint density at radius 3 is 2.55 bits per heavy atom. The SMILES string of the molecule is Cc1ccccc1NC(=O)C(=O)NCCc1cccc(Cl)c1. The van der Waals surface area contributed by atoms with Gasteiger partial charge in [-0.25, -0.2) is 0 Å². The molecule has 0 aliphatic carbocycles. The number of amides is 2. The van der Waals surface area contributed by atoms with Crippen LogP contribution in [0.1, 0.15) is 11.1 Å². The van der Waals surface area contributed by atoms with Crippen molar-refractivity contribution in [3.05, 3.63) is 64.7 Å². The summed E-state index contributed by atoms with van der Waals surface area (Å²) in [6.45, 7) is 2.24. The van der Waals surface area contributed by atoms with E-state index in [4.69, 9.17) is 11.6 Å². The van der Waals surface area contributed by atoms with Gasteiger partial charge in [-0.2, -0.15) is 0 Å². The van der Waals surface area contributed by atoms with Crippen LogP contribution >= 0.6 is 11.6 Å². The van der Waals surface area contributed by atoms with Gasteiger partial charge in [0.2, 0.25) is 0 Å². The fourth-order valence-electron chi connectivity index (χ4n) is 1.99. The molecule has 4 nitrogen and oxygen atoms in total. The van der Waals surface area contributed by atoms with Crippen LogP contribution in [-0.4, -0.2) is 18.4 Å². The Hall–Kier alpha value is -2.33. The van der Waals surface area contributed by atoms with Crippen LogP contribution in [0.2, 0.25) is 5.02 Å². The molecule has 0 unspecified atom stereocenters. The summed E-state index contributed by atoms with van der Waals surface area (Å²) in [4.78, 5) is 23.6. The Morgan fingerprint density at radius 2 is 1.82 bits per heavy atom. The standard InChI is InChI=1S/C17H17ClN2O2/c1-12-5-2-3-8-15(12)20-17(22)16(21)19-10-9-13-6-4-7-14(18)11-13/h2-8,11H,9-10H2,1H3,(H,19,21)(H,20,22). The molecule has 0 saturated heterocycles. The number of para-hydroxylation sites is 1. The minimum atomic E-state index is -0.666. The van der Waals surface area contributed by atoms with Crippen molar-refractivity contribution >= 4 is 29.1 Å². The van der Waals surface area contributed by atoms with Gasteiger partial charge in [-0.3, -0.25) is 9.59 Å². The van der Waals surface area contributed by atoms with Crippen LogP contribution in [0.4, 0.5) is 5.69 Å². The topological polar surface area (TPSA) is 58.2 Å². The number of anilines is 1. The molecule has 0 aliphatic rings. The molecular weight excluding hydrogens is 300 g/mol. The number of aryl methyl sites for hydroxylation is 1. The van der Waals surface area contributed by atoms with Gasteiger partial charge in [-0.05, 0) is 42.7 Å². The summed E-state index contributed by atoms with van der Waals surface area (Å²) in [5.74, 6) is -1.31. The van der Waals surface area contributed by atoms with Gasteiger partial charge in [0.25, 0.3) is 0 Å². The number of hydrogen-bond donors (Lipinski definition) is 2. The normalized spacial score (nSPS) is 10.1. The first-order valence-electron chi connectivity index (χ1n) is 6.95. The Bertz CT molecular complexity index is 686. The molecule has 0 atom stereocenters. The first-order chi connectivity index (χ1) is 10.6. The number of halogens is 1. The van der Waals surface area contributed by atoms with Crippen LogP contribution in [0, 0.1) is 6.92 Å². The van der Waals surface area contributed by atoms with E-state index in [0.29, 0.717) is 23.7 Å². The zero-order valence-electron chi connectivity index (χ0n) is 12.2. The molecule has 0 heterocycles. The molecule has 0 radical (unpaired) electrons. The van der Waals surface area contributed by atoms with Crippen molar-refractivity contribution in [1.82, 2.24) is 5.32 Å². The smallest absolute Gasteiger partial charge is 0.313 e. The first kappa shape index (κ1) is 16.0. The summed E-state index contributed by atoms with van der Waals surface area (Å²) in [5, 5.41) is 5.85. The molecule has 0 bridgehead atoms. The maximum Gasteiger partial charge on any atom is 0.313 e. The minimum absolute atomic E-state index is 0.375. The van der Waals surface area contributed by atoms with E-state index in [1.165, 1.54) is 0 Å². The highest BCUT2D eigenvalue weighted by Gasteiger charge is 2.13. The van der Waals surface area contributed by atoms with Gasteiger partial charge < -0.3 is 10.6 Å². The summed E-state index contributed by atoms with van der Waals surface area (Å²) < 4.78 is 0. The Morgan fingerprint density at radius 1 is 1.05 bits per heavy atom. The van der Waals surface area contributed by atoms with E-state index in [-0.39, 0.29) is 0 Å². The molecule has 0 fully saturated rings. The van der Waals surface area contributed by atoms with Crippen molar-refractivity contribution in [3.63, 3.8) is 0 Å². The van der Waals surface area contributed by atoms with Crippen molar-refractivity contribution in [2.75, 3.05) is 11.9 Å². The van der Waals surface area contributed by atoms with Crippen LogP contribution in [0.3, 0.4) is 0 Å². The second-order valence-electron chi connectivity index (χ2n) is 4.90. The van der Waals surface area contributed by atoms with E-state index >= 15 is 0 Å². The highest BCUT2D eigenvalue weighted by molar-refractivity contribution is 6.39. The van der Waals surface area contributed by atoms with Crippen molar-refractivity contribution in [2.45, 2.75) is 13.3 Å². The fraction of sp³-hybridized carbons (Fsp3) is 0.176. The lowest BCUT2D eigenvalue weighted by Crippen LogP contribution is -2.36. The van der Waals surface area contributed by atoms with E-state index < -0.39 is 11.8 Å². The van der Waals surface area contributed by atoms with Crippen LogP contribution in [-0.2, 0) is 16.0 Å². The van der Waals surface area contributed by atoms with Crippen LogP contribution < -0.4 is 10.6 Å². The third kappa shape index (κ3) is 4.60. The molecule has 0 aliphatic heterocycles. The molecule has 2 rings (SSSR count). The fourth-order valence-corrected chi connectivity index (χ4v) is 2.20. The Kier molecular flexibility index (Phi) is 5.55. The summed E-state index contributed by atoms with van der Waals surface area (Å²) >= 11 is 5.89. The van der Waals surface area contributed by atoms with Gasteiger partial charge in [0.1, 0.15) is 0 Å². The number of carbonyl (C=O) groups excluding carboxylic acids is 2. The molecule has 2 amide bonds. The van der Waals surface area contributed by atoms with E-state index in [0.717, 1.165) is 11.1 Å². The Labute approximate surface area is 134 Å². The molecule has 0 aromatic heterocycles. The molecular formula is C17H17ClN2O2. The minimum Gasteiger partial charge on any atom is -0.347 e. The maximum absolute atomic E-state index is 11.8. The molecule has 0 saturated carbocycles. The monoisotopic (exact) mass is 316 g/mol. The van der Waals surface area contributed by atoms with Gasteiger partial charge in [-0.1, -0.05) is 41.9 Å². The largest absolute Gasteiger partial charge is 0.347 e. The van der Waals surface area contributed by atoms with Gasteiger partial charge in [-0.15, -0.1) is 0 Å². The molecule has 2 aromatic rings. The van der Waals surface area contributed by atoms with Crippen LogP contribution in [0.15, 0.2) is 48.5 Å². The quantitative estimate of drug-likeness (QED) is 0.852. The number of hydrogen-bond acceptors (Lipinski definition) is 2. The first-order valence-corrected chi connectivity index (χ1v) is 7.33. The number of nitrogens with one attached hydrogen (secondary N) is 2. The average Bonchev–Trinajstić information content (AvgIpc) is 2.49. The zero-order chi connectivity index (χ0) is 15.9. The van der Waals surface area contributed by atoms with Gasteiger partial charge in [0.05, 0.1) is 0 Å². The van der Waals surface area contributed by atoms with E-state index in [9.17, 15) is 9.59 Å². The molecule has 114 valence electrons. The van der Waals surface area contributed by atoms with Gasteiger partial charge >= 0.3 is 11.8 Å². The summed E-state index contributed by atoms with van der Waals surface area (Å²) in [5.41, 5.74) is 2.55. The van der Waals surface area contributed by atoms with Crippen molar-refractivity contribution in [3.8, 4) is 0 Å². The number of carbonyl (C=O) groups is 2. The van der Waals surface area contributed by atoms with E-state index in [2.05, 4.69) is 10.6 Å². The van der Waals surface area contributed by atoms with Crippen molar-refractivity contribution in [1.29, 1.82) is 0 Å². The molecule has 22 heavy (non-hydrogen) atoms. The summed E-state index contributed by atoms with van der Waals surface area (Å²) in [7, 11) is 0. The lowest BCUT2D eigenvalue weighted by molar-refractivity contribution is -0.136. The summed E-state index contributed by atoms with van der Waals surface area (Å²) in [6, 6.07) is 14.7. The number of benzene rings is 2. The highest BCUT2D eigenvalue weighted by atomic mass is 35.5. The molecule has 0 spiro atoms. The lowest BCUT2D eigenvalue weighted by Gasteiger charge is -2.08. The second-order valence-corrected chi connectivity index (χ2v) is 5.34. The predicted molar refractivity (Wildman–Crippen MR) is 88.0 cm³/mol. The highest BCUT2D eigenvalue weighted by Crippen LogP contribution is 2.13. The predicted octanol–water partition coefficient (Wildman–Crippen LogP) is 2.95. The molecule has 2 aromatic carbocycles. The molecule has 5 heteroatoms. The Balaban J connectivity index is 1.82. The average molecular weight is 317 g/mol. The molecule has 2 N–H and O–H groups in total. The maximum atomic E-state index is 11.8. The number of rotatable bonds is 4. The van der Waals surface area contributed by atoms with E-state index in [1.807, 2.05) is 37.3 Å².